The van der Waals surface area contributed by atoms with Crippen molar-refractivity contribution in [3.63, 3.8) is 0 Å². The van der Waals surface area contributed by atoms with Gasteiger partial charge in [0.2, 0.25) is 5.91 Å². The quantitative estimate of drug-likeness (QED) is 0.913. The van der Waals surface area contributed by atoms with E-state index in [0.717, 1.165) is 6.42 Å². The topological polar surface area (TPSA) is 67.9 Å². The highest BCUT2D eigenvalue weighted by Crippen LogP contribution is 2.30. The first-order chi connectivity index (χ1) is 12.5. The summed E-state index contributed by atoms with van der Waals surface area (Å²) in [7, 11) is 1.52. The number of hydrogen-bond acceptors (Lipinski definition) is 4. The largest absolute Gasteiger partial charge is 0.490 e. The molecule has 2 aromatic carbocycles. The van der Waals surface area contributed by atoms with E-state index in [2.05, 4.69) is 5.32 Å². The van der Waals surface area contributed by atoms with Gasteiger partial charge < -0.3 is 19.7 Å². The van der Waals surface area contributed by atoms with E-state index < -0.39 is 11.7 Å². The van der Waals surface area contributed by atoms with Crippen molar-refractivity contribution < 1.29 is 23.5 Å². The number of rotatable bonds is 4. The molecule has 1 heterocycles. The van der Waals surface area contributed by atoms with Crippen LogP contribution < -0.4 is 14.8 Å². The predicted octanol–water partition coefficient (Wildman–Crippen LogP) is 2.70. The number of carbonyl (C=O) groups excluding carboxylic acids is 2. The second-order valence-corrected chi connectivity index (χ2v) is 5.93. The number of ether oxygens (including phenoxy) is 2. The van der Waals surface area contributed by atoms with E-state index in [-0.39, 0.29) is 12.5 Å². The van der Waals surface area contributed by atoms with Crippen LogP contribution in [0.25, 0.3) is 0 Å². The van der Waals surface area contributed by atoms with Gasteiger partial charge >= 0.3 is 0 Å². The van der Waals surface area contributed by atoms with Gasteiger partial charge in [-0.1, -0.05) is 6.07 Å². The van der Waals surface area contributed by atoms with E-state index >= 15 is 0 Å². The molecule has 0 saturated heterocycles. The number of nitrogens with zero attached hydrogens (tertiary/aromatic N) is 1. The van der Waals surface area contributed by atoms with Crippen LogP contribution in [0.4, 0.5) is 10.1 Å². The van der Waals surface area contributed by atoms with E-state index in [1.165, 1.54) is 30.1 Å². The average Bonchev–Trinajstić information content (AvgIpc) is 2.85. The molecule has 1 aliphatic heterocycles. The standard InChI is InChI=1S/C19H19FN2O4/c1-22(12-18(23)21-15-5-2-4-14(20)11-15)19(24)13-6-7-16-17(10-13)26-9-3-8-25-16/h2,4-7,10-11H,3,8-9,12H2,1H3,(H,21,23). The highest BCUT2D eigenvalue weighted by molar-refractivity contribution is 5.99. The molecule has 2 aromatic rings. The Morgan fingerprint density at radius 3 is 2.65 bits per heavy atom. The fraction of sp³-hybridized carbons (Fsp3) is 0.263. The molecule has 6 nitrogen and oxygen atoms in total. The zero-order valence-electron chi connectivity index (χ0n) is 14.3. The molecule has 7 heteroatoms. The summed E-state index contributed by atoms with van der Waals surface area (Å²) in [6.07, 6.45) is 0.776. The third-order valence-electron chi connectivity index (χ3n) is 3.83. The molecule has 0 atom stereocenters. The number of likely N-dealkylation sites (N-methyl/N-ethyl adjacent to an activating group) is 1. The fourth-order valence-corrected chi connectivity index (χ4v) is 2.57. The van der Waals surface area contributed by atoms with Crippen LogP contribution in [-0.4, -0.2) is 43.5 Å². The zero-order valence-corrected chi connectivity index (χ0v) is 14.3. The minimum absolute atomic E-state index is 0.163. The third kappa shape index (κ3) is 4.30. The minimum Gasteiger partial charge on any atom is -0.490 e. The number of hydrogen-bond donors (Lipinski definition) is 1. The van der Waals surface area contributed by atoms with Crippen LogP contribution >= 0.6 is 0 Å². The van der Waals surface area contributed by atoms with Crippen molar-refractivity contribution >= 4 is 17.5 Å². The number of anilines is 1. The van der Waals surface area contributed by atoms with Gasteiger partial charge in [0.1, 0.15) is 5.82 Å². The summed E-state index contributed by atoms with van der Waals surface area (Å²) in [5.41, 5.74) is 0.738. The molecule has 1 N–H and O–H groups in total. The zero-order chi connectivity index (χ0) is 18.5. The summed E-state index contributed by atoms with van der Waals surface area (Å²) in [4.78, 5) is 25.9. The third-order valence-corrected chi connectivity index (χ3v) is 3.83. The first-order valence-electron chi connectivity index (χ1n) is 8.23. The van der Waals surface area contributed by atoms with Crippen molar-refractivity contribution in [2.45, 2.75) is 6.42 Å². The summed E-state index contributed by atoms with van der Waals surface area (Å²) >= 11 is 0. The predicted molar refractivity (Wildman–Crippen MR) is 94.0 cm³/mol. The number of nitrogens with one attached hydrogen (secondary N) is 1. The van der Waals surface area contributed by atoms with Gasteiger partial charge in [-0.3, -0.25) is 9.59 Å². The van der Waals surface area contributed by atoms with Gasteiger partial charge in [0.25, 0.3) is 5.91 Å². The van der Waals surface area contributed by atoms with Crippen molar-refractivity contribution in [2.24, 2.45) is 0 Å². The summed E-state index contributed by atoms with van der Waals surface area (Å²) in [5.74, 6) is -0.0632. The Bertz CT molecular complexity index is 825. The maximum atomic E-state index is 13.2. The molecule has 0 fully saturated rings. The van der Waals surface area contributed by atoms with Crippen LogP contribution in [0.15, 0.2) is 42.5 Å². The van der Waals surface area contributed by atoms with Crippen LogP contribution in [0.3, 0.4) is 0 Å². The van der Waals surface area contributed by atoms with Gasteiger partial charge in [-0.25, -0.2) is 4.39 Å². The van der Waals surface area contributed by atoms with Crippen LogP contribution in [0.5, 0.6) is 11.5 Å². The van der Waals surface area contributed by atoms with E-state index in [1.54, 1.807) is 24.3 Å². The molecule has 0 unspecified atom stereocenters. The van der Waals surface area contributed by atoms with Gasteiger partial charge in [0.05, 0.1) is 19.8 Å². The summed E-state index contributed by atoms with van der Waals surface area (Å²) in [6.45, 7) is 0.931. The Hall–Kier alpha value is -3.09. The van der Waals surface area contributed by atoms with Crippen molar-refractivity contribution in [3.8, 4) is 11.5 Å². The monoisotopic (exact) mass is 358 g/mol. The average molecular weight is 358 g/mol. The Morgan fingerprint density at radius 2 is 1.88 bits per heavy atom. The highest BCUT2D eigenvalue weighted by Gasteiger charge is 2.18. The lowest BCUT2D eigenvalue weighted by Crippen LogP contribution is -2.34. The number of fused-ring (bicyclic) bond motifs is 1. The molecule has 0 bridgehead atoms. The normalized spacial score (nSPS) is 12.8. The molecule has 1 aliphatic rings. The first kappa shape index (κ1) is 17.7. The number of benzene rings is 2. The molecule has 26 heavy (non-hydrogen) atoms. The number of amides is 2. The van der Waals surface area contributed by atoms with Crippen LogP contribution in [0, 0.1) is 5.82 Å². The molecule has 2 amide bonds. The molecule has 0 spiro atoms. The first-order valence-corrected chi connectivity index (χ1v) is 8.23. The van der Waals surface area contributed by atoms with Crippen molar-refractivity contribution in [1.29, 1.82) is 0 Å². The molecule has 136 valence electrons. The lowest BCUT2D eigenvalue weighted by molar-refractivity contribution is -0.116. The molecule has 3 rings (SSSR count). The van der Waals surface area contributed by atoms with Gasteiger partial charge in [-0.15, -0.1) is 0 Å². The smallest absolute Gasteiger partial charge is 0.254 e. The minimum atomic E-state index is -0.445. The summed E-state index contributed by atoms with van der Waals surface area (Å²) < 4.78 is 24.3. The second kappa shape index (κ2) is 7.86. The molecular formula is C19H19FN2O4. The highest BCUT2D eigenvalue weighted by atomic mass is 19.1. The lowest BCUT2D eigenvalue weighted by atomic mass is 10.1. The van der Waals surface area contributed by atoms with Crippen molar-refractivity contribution in [1.82, 2.24) is 4.90 Å². The molecule has 0 radical (unpaired) electrons. The van der Waals surface area contributed by atoms with E-state index in [9.17, 15) is 14.0 Å². The lowest BCUT2D eigenvalue weighted by Gasteiger charge is -2.18. The second-order valence-electron chi connectivity index (χ2n) is 5.93. The molecule has 0 saturated carbocycles. The molecule has 0 aliphatic carbocycles. The molecule has 0 aromatic heterocycles. The van der Waals surface area contributed by atoms with Crippen LogP contribution in [0.2, 0.25) is 0 Å². The maximum absolute atomic E-state index is 13.2. The van der Waals surface area contributed by atoms with Crippen molar-refractivity contribution in [3.05, 3.63) is 53.8 Å². The Balaban J connectivity index is 1.64. The Kier molecular flexibility index (Phi) is 5.36. The number of carbonyl (C=O) groups is 2. The summed E-state index contributed by atoms with van der Waals surface area (Å²) in [6, 6.07) is 10.5. The van der Waals surface area contributed by atoms with Gasteiger partial charge in [0, 0.05) is 24.7 Å². The van der Waals surface area contributed by atoms with E-state index in [0.29, 0.717) is 36.0 Å². The van der Waals surface area contributed by atoms with Gasteiger partial charge in [0.15, 0.2) is 11.5 Å². The van der Waals surface area contributed by atoms with Gasteiger partial charge in [-0.2, -0.15) is 0 Å². The van der Waals surface area contributed by atoms with Crippen LogP contribution in [-0.2, 0) is 4.79 Å². The van der Waals surface area contributed by atoms with E-state index in [1.807, 2.05) is 0 Å². The number of halogens is 1. The van der Waals surface area contributed by atoms with Gasteiger partial charge in [-0.05, 0) is 36.4 Å². The Morgan fingerprint density at radius 1 is 1.12 bits per heavy atom. The Labute approximate surface area is 150 Å². The fourth-order valence-electron chi connectivity index (χ4n) is 2.57. The summed E-state index contributed by atoms with van der Waals surface area (Å²) in [5, 5.41) is 2.56. The van der Waals surface area contributed by atoms with E-state index in [4.69, 9.17) is 9.47 Å². The SMILES string of the molecule is CN(CC(=O)Nc1cccc(F)c1)C(=O)c1ccc2c(c1)OCCCO2. The van der Waals surface area contributed by atoms with Crippen LogP contribution in [0.1, 0.15) is 16.8 Å². The van der Waals surface area contributed by atoms with Crippen molar-refractivity contribution in [2.75, 3.05) is 32.1 Å². The maximum Gasteiger partial charge on any atom is 0.254 e. The molecular weight excluding hydrogens is 339 g/mol.